The number of nitrogens with one attached hydrogen (secondary N) is 1. The molecule has 1 aromatic rings. The topological polar surface area (TPSA) is 65.5 Å². The average Bonchev–Trinajstić information content (AvgIpc) is 2.72. The van der Waals surface area contributed by atoms with E-state index in [0.717, 1.165) is 44.0 Å². The Kier molecular flexibility index (Phi) is 5.30. The van der Waals surface area contributed by atoms with Gasteiger partial charge in [-0.1, -0.05) is 26.8 Å². The van der Waals surface area contributed by atoms with Gasteiger partial charge in [-0.2, -0.15) is 0 Å². The number of rotatable bonds is 2. The van der Waals surface area contributed by atoms with Crippen LogP contribution in [-0.2, 0) is 4.79 Å². The molecule has 0 unspecified atom stereocenters. The van der Waals surface area contributed by atoms with Crippen LogP contribution in [0.25, 0.3) is 0 Å². The van der Waals surface area contributed by atoms with Crippen LogP contribution in [0.4, 0.5) is 10.6 Å². The van der Waals surface area contributed by atoms with E-state index in [2.05, 4.69) is 31.1 Å². The van der Waals surface area contributed by atoms with Gasteiger partial charge in [0.25, 0.3) is 0 Å². The fourth-order valence-electron chi connectivity index (χ4n) is 5.22. The number of nitrogens with zero attached hydrogens (tertiary/aromatic N) is 3. The third-order valence-corrected chi connectivity index (χ3v) is 7.37. The van der Waals surface area contributed by atoms with Crippen molar-refractivity contribution in [3.63, 3.8) is 0 Å². The van der Waals surface area contributed by atoms with E-state index in [0.29, 0.717) is 24.5 Å². The third kappa shape index (κ3) is 3.99. The molecule has 1 spiro atoms. The number of aromatic nitrogens is 1. The summed E-state index contributed by atoms with van der Waals surface area (Å²) in [7, 11) is 0. The molecule has 3 heterocycles. The van der Waals surface area contributed by atoms with Gasteiger partial charge in [0.05, 0.1) is 5.41 Å². The second-order valence-electron chi connectivity index (χ2n) is 10.2. The molecule has 6 nitrogen and oxygen atoms in total. The van der Waals surface area contributed by atoms with E-state index in [9.17, 15) is 9.59 Å². The van der Waals surface area contributed by atoms with Gasteiger partial charge in [0, 0.05) is 31.9 Å². The Morgan fingerprint density at radius 3 is 2.38 bits per heavy atom. The van der Waals surface area contributed by atoms with E-state index >= 15 is 0 Å². The lowest BCUT2D eigenvalue weighted by atomic mass is 9.71. The van der Waals surface area contributed by atoms with Crippen molar-refractivity contribution in [3.8, 4) is 0 Å². The van der Waals surface area contributed by atoms with Gasteiger partial charge < -0.3 is 10.2 Å². The highest BCUT2D eigenvalue weighted by molar-refractivity contribution is 6.04. The Morgan fingerprint density at radius 1 is 1.14 bits per heavy atom. The van der Waals surface area contributed by atoms with Gasteiger partial charge in [0.15, 0.2) is 0 Å². The first kappa shape index (κ1) is 20.2. The van der Waals surface area contributed by atoms with E-state index in [4.69, 9.17) is 0 Å². The lowest BCUT2D eigenvalue weighted by Crippen LogP contribution is -2.66. The molecule has 29 heavy (non-hydrogen) atoms. The molecule has 3 fully saturated rings. The Balaban J connectivity index is 1.24. The highest BCUT2D eigenvalue weighted by Gasteiger charge is 2.54. The molecule has 0 radical (unpaired) electrons. The zero-order valence-corrected chi connectivity index (χ0v) is 18.0. The summed E-state index contributed by atoms with van der Waals surface area (Å²) >= 11 is 0. The van der Waals surface area contributed by atoms with Crippen LogP contribution in [0, 0.1) is 16.7 Å². The average molecular weight is 399 g/mol. The molecule has 6 heteroatoms. The maximum absolute atomic E-state index is 12.8. The predicted molar refractivity (Wildman–Crippen MR) is 114 cm³/mol. The highest BCUT2D eigenvalue weighted by Crippen LogP contribution is 2.43. The smallest absolute Gasteiger partial charge is 0.317 e. The van der Waals surface area contributed by atoms with E-state index in [1.165, 1.54) is 12.8 Å². The SMILES string of the molecule is CC(C)(C)C1CCC(NC(=O)N2CCC3(CC2)CN(c2ccccn2)C3=O)CC1. The number of carbonyl (C=O) groups excluding carboxylic acids is 2. The number of hydrogen-bond acceptors (Lipinski definition) is 3. The number of carbonyl (C=O) groups is 2. The molecule has 158 valence electrons. The van der Waals surface area contributed by atoms with Crippen LogP contribution in [0.1, 0.15) is 59.3 Å². The van der Waals surface area contributed by atoms with Crippen LogP contribution in [0.15, 0.2) is 24.4 Å². The minimum absolute atomic E-state index is 0.0485. The summed E-state index contributed by atoms with van der Waals surface area (Å²) in [5.41, 5.74) is 0.0632. The normalized spacial score (nSPS) is 26.9. The molecule has 0 aromatic carbocycles. The van der Waals surface area contributed by atoms with Crippen LogP contribution in [-0.4, -0.2) is 47.5 Å². The van der Waals surface area contributed by atoms with E-state index in [1.807, 2.05) is 23.1 Å². The minimum Gasteiger partial charge on any atom is -0.335 e. The number of pyridine rings is 1. The monoisotopic (exact) mass is 398 g/mol. The Hall–Kier alpha value is -2.11. The van der Waals surface area contributed by atoms with Crippen LogP contribution in [0.5, 0.6) is 0 Å². The predicted octanol–water partition coefficient (Wildman–Crippen LogP) is 3.82. The summed E-state index contributed by atoms with van der Waals surface area (Å²) in [6.45, 7) is 8.98. The third-order valence-electron chi connectivity index (χ3n) is 7.37. The van der Waals surface area contributed by atoms with E-state index < -0.39 is 0 Å². The second kappa shape index (κ2) is 7.62. The lowest BCUT2D eigenvalue weighted by molar-refractivity contribution is -0.138. The molecular formula is C23H34N4O2. The number of piperidine rings is 1. The quantitative estimate of drug-likeness (QED) is 0.770. The molecule has 0 bridgehead atoms. The Labute approximate surface area is 174 Å². The molecule has 3 amide bonds. The van der Waals surface area contributed by atoms with Crippen molar-refractivity contribution in [2.45, 2.75) is 65.3 Å². The maximum atomic E-state index is 12.8. The molecule has 0 atom stereocenters. The molecule has 1 saturated carbocycles. The van der Waals surface area contributed by atoms with Gasteiger partial charge in [-0.15, -0.1) is 0 Å². The van der Waals surface area contributed by atoms with Crippen molar-refractivity contribution < 1.29 is 9.59 Å². The van der Waals surface area contributed by atoms with E-state index in [1.54, 1.807) is 11.1 Å². The number of amides is 3. The maximum Gasteiger partial charge on any atom is 0.317 e. The summed E-state index contributed by atoms with van der Waals surface area (Å²) in [5.74, 6) is 1.64. The van der Waals surface area contributed by atoms with Crippen LogP contribution < -0.4 is 10.2 Å². The fraction of sp³-hybridized carbons (Fsp3) is 0.696. The highest BCUT2D eigenvalue weighted by atomic mass is 16.2. The van der Waals surface area contributed by atoms with Gasteiger partial charge in [0.1, 0.15) is 5.82 Å². The number of urea groups is 1. The van der Waals surface area contributed by atoms with Gasteiger partial charge in [-0.3, -0.25) is 9.69 Å². The van der Waals surface area contributed by atoms with Crippen molar-refractivity contribution in [1.82, 2.24) is 15.2 Å². The Bertz CT molecular complexity index is 742. The lowest BCUT2D eigenvalue weighted by Gasteiger charge is -2.52. The largest absolute Gasteiger partial charge is 0.335 e. The summed E-state index contributed by atoms with van der Waals surface area (Å²) in [6.07, 6.45) is 7.74. The molecular weight excluding hydrogens is 364 g/mol. The Morgan fingerprint density at radius 2 is 1.83 bits per heavy atom. The first-order valence-electron chi connectivity index (χ1n) is 11.1. The summed E-state index contributed by atoms with van der Waals surface area (Å²) in [5, 5.41) is 3.25. The van der Waals surface area contributed by atoms with Crippen molar-refractivity contribution in [2.75, 3.05) is 24.5 Å². The number of likely N-dealkylation sites (tertiary alicyclic amines) is 1. The summed E-state index contributed by atoms with van der Waals surface area (Å²) in [4.78, 5) is 33.5. The first-order chi connectivity index (χ1) is 13.8. The number of hydrogen-bond donors (Lipinski definition) is 1. The van der Waals surface area contributed by atoms with Crippen LogP contribution >= 0.6 is 0 Å². The second-order valence-corrected chi connectivity index (χ2v) is 10.2. The minimum atomic E-state index is -0.293. The number of β-lactam (4-membered cyclic amide) rings is 1. The molecule has 1 aliphatic carbocycles. The zero-order chi connectivity index (χ0) is 20.6. The first-order valence-corrected chi connectivity index (χ1v) is 11.1. The van der Waals surface area contributed by atoms with Gasteiger partial charge in [-0.05, 0) is 62.0 Å². The van der Waals surface area contributed by atoms with Crippen molar-refractivity contribution in [2.24, 2.45) is 16.7 Å². The zero-order valence-electron chi connectivity index (χ0n) is 18.0. The molecule has 4 rings (SSSR count). The molecule has 1 N–H and O–H groups in total. The number of anilines is 1. The van der Waals surface area contributed by atoms with Crippen molar-refractivity contribution in [1.29, 1.82) is 0 Å². The molecule has 1 aromatic heterocycles. The van der Waals surface area contributed by atoms with E-state index in [-0.39, 0.29) is 17.4 Å². The summed E-state index contributed by atoms with van der Waals surface area (Å²) < 4.78 is 0. The fourth-order valence-corrected chi connectivity index (χ4v) is 5.22. The van der Waals surface area contributed by atoms with Crippen LogP contribution in [0.3, 0.4) is 0 Å². The van der Waals surface area contributed by atoms with Crippen molar-refractivity contribution in [3.05, 3.63) is 24.4 Å². The molecule has 2 saturated heterocycles. The standard InChI is InChI=1S/C23H34N4O2/c1-22(2,3)17-7-9-18(10-8-17)25-21(29)26-14-11-23(12-15-26)16-27(20(23)28)19-6-4-5-13-24-19/h4-6,13,17-18H,7-12,14-16H2,1-3H3,(H,25,29). The van der Waals surface area contributed by atoms with Crippen molar-refractivity contribution >= 4 is 17.8 Å². The molecule has 3 aliphatic rings. The van der Waals surface area contributed by atoms with Crippen LogP contribution in [0.2, 0.25) is 0 Å². The summed E-state index contributed by atoms with van der Waals surface area (Å²) in [6, 6.07) is 5.98. The van der Waals surface area contributed by atoms with Gasteiger partial charge in [0.2, 0.25) is 5.91 Å². The molecule has 2 aliphatic heterocycles. The van der Waals surface area contributed by atoms with Gasteiger partial charge >= 0.3 is 6.03 Å². The van der Waals surface area contributed by atoms with Gasteiger partial charge in [-0.25, -0.2) is 9.78 Å².